The second-order valence-corrected chi connectivity index (χ2v) is 5.93. The first-order valence-electron chi connectivity index (χ1n) is 6.32. The van der Waals surface area contributed by atoms with E-state index in [9.17, 15) is 0 Å². The van der Waals surface area contributed by atoms with Crippen LogP contribution in [0.15, 0.2) is 22.7 Å². The average molecular weight is 353 g/mol. The standard InChI is InChI=1S/C14H17BrN4S/c1-4-9-7-10(15)5-6-11(9)17-14-12(13(16)20)8(2)18-19(14)3/h5-7,17H,4H2,1-3H3,(H2,16,20). The number of anilines is 2. The number of nitrogens with two attached hydrogens (primary N) is 1. The fourth-order valence-corrected chi connectivity index (χ4v) is 2.85. The molecule has 0 radical (unpaired) electrons. The van der Waals surface area contributed by atoms with Crippen molar-refractivity contribution in [2.45, 2.75) is 20.3 Å². The molecular weight excluding hydrogens is 336 g/mol. The minimum absolute atomic E-state index is 0.355. The second-order valence-electron chi connectivity index (χ2n) is 4.58. The zero-order chi connectivity index (χ0) is 14.9. The Kier molecular flexibility index (Phi) is 4.45. The largest absolute Gasteiger partial charge is 0.389 e. The van der Waals surface area contributed by atoms with Gasteiger partial charge in [-0.15, -0.1) is 0 Å². The van der Waals surface area contributed by atoms with E-state index in [0.29, 0.717) is 4.99 Å². The van der Waals surface area contributed by atoms with E-state index in [1.54, 1.807) is 4.68 Å². The third kappa shape index (κ3) is 2.86. The molecule has 2 rings (SSSR count). The van der Waals surface area contributed by atoms with Gasteiger partial charge >= 0.3 is 0 Å². The fraction of sp³-hybridized carbons (Fsp3) is 0.286. The van der Waals surface area contributed by atoms with E-state index in [1.807, 2.05) is 26.1 Å². The van der Waals surface area contributed by atoms with Crippen LogP contribution in [-0.2, 0) is 13.5 Å². The summed E-state index contributed by atoms with van der Waals surface area (Å²) < 4.78 is 2.83. The maximum absolute atomic E-state index is 5.81. The van der Waals surface area contributed by atoms with E-state index < -0.39 is 0 Å². The lowest BCUT2D eigenvalue weighted by atomic mass is 10.1. The maximum atomic E-state index is 5.81. The molecule has 0 amide bonds. The predicted octanol–water partition coefficient (Wildman–Crippen LogP) is 3.43. The molecule has 0 aliphatic heterocycles. The summed E-state index contributed by atoms with van der Waals surface area (Å²) in [5.41, 5.74) is 9.69. The lowest BCUT2D eigenvalue weighted by Crippen LogP contribution is -2.13. The monoisotopic (exact) mass is 352 g/mol. The van der Waals surface area contributed by atoms with Gasteiger partial charge in [-0.25, -0.2) is 0 Å². The summed E-state index contributed by atoms with van der Waals surface area (Å²) in [5, 5.41) is 7.78. The molecule has 20 heavy (non-hydrogen) atoms. The number of aryl methyl sites for hydroxylation is 3. The first kappa shape index (κ1) is 15.0. The van der Waals surface area contributed by atoms with Gasteiger partial charge < -0.3 is 11.1 Å². The van der Waals surface area contributed by atoms with Crippen LogP contribution in [0.3, 0.4) is 0 Å². The van der Waals surface area contributed by atoms with Crippen LogP contribution in [0, 0.1) is 6.92 Å². The molecule has 1 aromatic carbocycles. The highest BCUT2D eigenvalue weighted by Gasteiger charge is 2.16. The number of thiocarbonyl (C=S) groups is 1. The molecule has 0 aliphatic carbocycles. The van der Waals surface area contributed by atoms with Gasteiger partial charge in [0.05, 0.1) is 11.3 Å². The zero-order valence-corrected chi connectivity index (χ0v) is 14.1. The molecule has 106 valence electrons. The summed E-state index contributed by atoms with van der Waals surface area (Å²) in [6.07, 6.45) is 0.932. The molecule has 0 bridgehead atoms. The number of rotatable bonds is 4. The number of nitrogens with zero attached hydrogens (tertiary/aromatic N) is 2. The van der Waals surface area contributed by atoms with Crippen LogP contribution in [0.25, 0.3) is 0 Å². The Balaban J connectivity index is 2.47. The van der Waals surface area contributed by atoms with E-state index in [4.69, 9.17) is 18.0 Å². The molecular formula is C14H17BrN4S. The van der Waals surface area contributed by atoms with Crippen molar-refractivity contribution >= 4 is 44.6 Å². The average Bonchev–Trinajstić information content (AvgIpc) is 2.66. The van der Waals surface area contributed by atoms with Gasteiger partial charge in [-0.3, -0.25) is 4.68 Å². The second kappa shape index (κ2) is 5.93. The van der Waals surface area contributed by atoms with Crippen LogP contribution in [-0.4, -0.2) is 14.8 Å². The van der Waals surface area contributed by atoms with Crippen molar-refractivity contribution in [1.82, 2.24) is 9.78 Å². The van der Waals surface area contributed by atoms with Gasteiger partial charge in [-0.05, 0) is 37.1 Å². The Labute approximate surface area is 132 Å². The first-order valence-corrected chi connectivity index (χ1v) is 7.53. The highest BCUT2D eigenvalue weighted by Crippen LogP contribution is 2.27. The minimum Gasteiger partial charge on any atom is -0.389 e. The van der Waals surface area contributed by atoms with Gasteiger partial charge in [0.1, 0.15) is 10.8 Å². The lowest BCUT2D eigenvalue weighted by molar-refractivity contribution is 0.764. The zero-order valence-electron chi connectivity index (χ0n) is 11.7. The summed E-state index contributed by atoms with van der Waals surface area (Å²) >= 11 is 8.62. The molecule has 4 nitrogen and oxygen atoms in total. The van der Waals surface area contributed by atoms with Gasteiger partial charge in [-0.1, -0.05) is 35.1 Å². The SMILES string of the molecule is CCc1cc(Br)ccc1Nc1c(C(N)=S)c(C)nn1C. The van der Waals surface area contributed by atoms with Gasteiger partial charge in [0.2, 0.25) is 0 Å². The van der Waals surface area contributed by atoms with E-state index in [0.717, 1.165) is 33.7 Å². The van der Waals surface area contributed by atoms with Crippen LogP contribution in [0.5, 0.6) is 0 Å². The molecule has 0 unspecified atom stereocenters. The number of nitrogens with one attached hydrogen (secondary N) is 1. The molecule has 0 atom stereocenters. The molecule has 1 heterocycles. The molecule has 2 aromatic rings. The molecule has 1 aromatic heterocycles. The fourth-order valence-electron chi connectivity index (χ4n) is 2.20. The number of hydrogen-bond donors (Lipinski definition) is 2. The highest BCUT2D eigenvalue weighted by molar-refractivity contribution is 9.10. The number of benzene rings is 1. The number of aromatic nitrogens is 2. The summed E-state index contributed by atoms with van der Waals surface area (Å²) in [5.74, 6) is 0.826. The van der Waals surface area contributed by atoms with Crippen molar-refractivity contribution < 1.29 is 0 Å². The third-order valence-electron chi connectivity index (χ3n) is 3.17. The Bertz CT molecular complexity index is 663. The lowest BCUT2D eigenvalue weighted by Gasteiger charge is -2.13. The summed E-state index contributed by atoms with van der Waals surface area (Å²) in [4.78, 5) is 0.355. The number of halogens is 1. The van der Waals surface area contributed by atoms with Gasteiger partial charge in [0.15, 0.2) is 0 Å². The molecule has 3 N–H and O–H groups in total. The van der Waals surface area contributed by atoms with Gasteiger partial charge in [0, 0.05) is 17.2 Å². The summed E-state index contributed by atoms with van der Waals surface area (Å²) in [6, 6.07) is 6.14. The topological polar surface area (TPSA) is 55.9 Å². The summed E-state index contributed by atoms with van der Waals surface area (Å²) in [7, 11) is 1.88. The quantitative estimate of drug-likeness (QED) is 0.827. The van der Waals surface area contributed by atoms with Crippen molar-refractivity contribution in [2.75, 3.05) is 5.32 Å². The van der Waals surface area contributed by atoms with E-state index in [2.05, 4.69) is 39.3 Å². The van der Waals surface area contributed by atoms with Crippen LogP contribution < -0.4 is 11.1 Å². The Morgan fingerprint density at radius 1 is 1.50 bits per heavy atom. The van der Waals surface area contributed by atoms with E-state index >= 15 is 0 Å². The molecule has 0 saturated heterocycles. The van der Waals surface area contributed by atoms with Crippen LogP contribution in [0.2, 0.25) is 0 Å². The normalized spacial score (nSPS) is 10.6. The van der Waals surface area contributed by atoms with Crippen LogP contribution in [0.4, 0.5) is 11.5 Å². The van der Waals surface area contributed by atoms with E-state index in [-0.39, 0.29) is 0 Å². The molecule has 0 fully saturated rings. The Hall–Kier alpha value is -1.40. The summed E-state index contributed by atoms with van der Waals surface area (Å²) in [6.45, 7) is 4.03. The van der Waals surface area contributed by atoms with Gasteiger partial charge in [-0.2, -0.15) is 5.10 Å². The van der Waals surface area contributed by atoms with Crippen LogP contribution in [0.1, 0.15) is 23.7 Å². The maximum Gasteiger partial charge on any atom is 0.138 e. The minimum atomic E-state index is 0.355. The highest BCUT2D eigenvalue weighted by atomic mass is 79.9. The van der Waals surface area contributed by atoms with Crippen molar-refractivity contribution in [3.8, 4) is 0 Å². The number of hydrogen-bond acceptors (Lipinski definition) is 3. The molecule has 0 spiro atoms. The molecule has 0 aliphatic rings. The van der Waals surface area contributed by atoms with E-state index in [1.165, 1.54) is 5.56 Å². The van der Waals surface area contributed by atoms with Crippen molar-refractivity contribution in [2.24, 2.45) is 12.8 Å². The van der Waals surface area contributed by atoms with Crippen LogP contribution >= 0.6 is 28.1 Å². The van der Waals surface area contributed by atoms with Gasteiger partial charge in [0.25, 0.3) is 0 Å². The predicted molar refractivity (Wildman–Crippen MR) is 90.6 cm³/mol. The Morgan fingerprint density at radius 3 is 2.80 bits per heavy atom. The smallest absolute Gasteiger partial charge is 0.138 e. The Morgan fingerprint density at radius 2 is 2.20 bits per heavy atom. The van der Waals surface area contributed by atoms with Crippen molar-refractivity contribution in [3.05, 3.63) is 39.5 Å². The third-order valence-corrected chi connectivity index (χ3v) is 3.87. The molecule has 0 saturated carbocycles. The van der Waals surface area contributed by atoms with Crippen molar-refractivity contribution in [1.29, 1.82) is 0 Å². The first-order chi connectivity index (χ1) is 9.43. The molecule has 6 heteroatoms. The van der Waals surface area contributed by atoms with Crippen molar-refractivity contribution in [3.63, 3.8) is 0 Å².